The van der Waals surface area contributed by atoms with Gasteiger partial charge in [-0.2, -0.15) is 0 Å². The topological polar surface area (TPSA) is 54.9 Å². The number of amides is 1. The minimum Gasteiger partial charge on any atom is -0.309 e. The van der Waals surface area contributed by atoms with Gasteiger partial charge in [0.2, 0.25) is 5.91 Å². The summed E-state index contributed by atoms with van der Waals surface area (Å²) in [6.45, 7) is 0. The van der Waals surface area contributed by atoms with Crippen molar-refractivity contribution in [2.24, 2.45) is 0 Å². The van der Waals surface area contributed by atoms with Crippen molar-refractivity contribution < 1.29 is 4.79 Å². The summed E-state index contributed by atoms with van der Waals surface area (Å²) in [7, 11) is 0. The Morgan fingerprint density at radius 1 is 1.60 bits per heavy atom. The summed E-state index contributed by atoms with van der Waals surface area (Å²) in [5.74, 6) is 0.643. The molecular weight excluding hydrogens is 325 g/mol. The lowest BCUT2D eigenvalue weighted by Gasteiger charge is -2.11. The van der Waals surface area contributed by atoms with Crippen LogP contribution < -0.4 is 5.32 Å². The molecule has 0 spiro atoms. The number of hydrogen-bond donors (Lipinski definition) is 1. The summed E-state index contributed by atoms with van der Waals surface area (Å²) in [6.07, 6.45) is 5.34. The molecule has 1 aromatic rings. The maximum absolute atomic E-state index is 11.8. The van der Waals surface area contributed by atoms with Gasteiger partial charge in [0.1, 0.15) is 15.8 Å². The summed E-state index contributed by atoms with van der Waals surface area (Å²) < 4.78 is 0.628. The predicted octanol–water partition coefficient (Wildman–Crippen LogP) is 1.92. The zero-order valence-corrected chi connectivity index (χ0v) is 11.1. The minimum atomic E-state index is -0.198. The first kappa shape index (κ1) is 11.1. The molecule has 0 radical (unpaired) electrons. The van der Waals surface area contributed by atoms with Crippen molar-refractivity contribution in [3.8, 4) is 0 Å². The predicted molar refractivity (Wildman–Crippen MR) is 68.9 cm³/mol. The molecule has 15 heavy (non-hydrogen) atoms. The maximum atomic E-state index is 11.8. The lowest BCUT2D eigenvalue weighted by atomic mass is 10.4. The molecule has 1 N–H and O–H groups in total. The van der Waals surface area contributed by atoms with Crippen LogP contribution in [-0.4, -0.2) is 26.9 Å². The van der Waals surface area contributed by atoms with Crippen molar-refractivity contribution >= 4 is 46.1 Å². The van der Waals surface area contributed by atoms with Gasteiger partial charge in [-0.25, -0.2) is 9.97 Å². The van der Waals surface area contributed by atoms with Crippen molar-refractivity contribution in [1.82, 2.24) is 9.97 Å². The molecule has 1 fully saturated rings. The molecular formula is C9H10IN3OS. The third-order valence-corrected chi connectivity index (χ3v) is 4.35. The summed E-state index contributed by atoms with van der Waals surface area (Å²) in [5, 5.41) is 2.82. The fourth-order valence-corrected chi connectivity index (χ4v) is 2.44. The number of hydrogen-bond acceptors (Lipinski definition) is 4. The van der Waals surface area contributed by atoms with E-state index in [9.17, 15) is 4.79 Å². The minimum absolute atomic E-state index is 0.0597. The number of carbonyl (C=O) groups is 1. The average Bonchev–Trinajstić information content (AvgIpc) is 2.98. The molecule has 1 amide bonds. The van der Waals surface area contributed by atoms with Crippen LogP contribution in [0.25, 0.3) is 0 Å². The van der Waals surface area contributed by atoms with Crippen molar-refractivity contribution in [3.63, 3.8) is 0 Å². The molecule has 1 heterocycles. The SMILES string of the molecule is CSC1(C(=O)Nc2cc(I)ncn2)CC1. The van der Waals surface area contributed by atoms with Crippen LogP contribution >= 0.6 is 34.4 Å². The van der Waals surface area contributed by atoms with E-state index in [2.05, 4.69) is 37.9 Å². The first-order chi connectivity index (χ1) is 7.16. The number of carbonyl (C=O) groups excluding carboxylic acids is 1. The molecule has 0 aliphatic heterocycles. The molecule has 1 saturated carbocycles. The van der Waals surface area contributed by atoms with Gasteiger partial charge in [0, 0.05) is 6.07 Å². The van der Waals surface area contributed by atoms with E-state index in [1.165, 1.54) is 6.33 Å². The van der Waals surface area contributed by atoms with Crippen LogP contribution in [0.5, 0.6) is 0 Å². The highest BCUT2D eigenvalue weighted by Gasteiger charge is 2.49. The van der Waals surface area contributed by atoms with E-state index in [-0.39, 0.29) is 10.7 Å². The van der Waals surface area contributed by atoms with Crippen LogP contribution in [0.2, 0.25) is 0 Å². The third kappa shape index (κ3) is 2.41. The highest BCUT2D eigenvalue weighted by Crippen LogP contribution is 2.47. The first-order valence-electron chi connectivity index (χ1n) is 4.50. The Hall–Kier alpha value is -0.370. The van der Waals surface area contributed by atoms with Crippen molar-refractivity contribution in [3.05, 3.63) is 16.1 Å². The van der Waals surface area contributed by atoms with Gasteiger partial charge in [-0.15, -0.1) is 11.8 Å². The molecule has 80 valence electrons. The van der Waals surface area contributed by atoms with Gasteiger partial charge in [-0.05, 0) is 41.7 Å². The standard InChI is InChI=1S/C9H10IN3OS/c1-15-9(2-3-9)8(14)13-7-4-6(10)11-5-12-7/h4-5H,2-3H2,1H3,(H,11,12,13,14). The van der Waals surface area contributed by atoms with Crippen molar-refractivity contribution in [2.75, 3.05) is 11.6 Å². The Balaban J connectivity index is 2.06. The molecule has 0 unspecified atom stereocenters. The van der Waals surface area contributed by atoms with E-state index in [0.29, 0.717) is 5.82 Å². The van der Waals surface area contributed by atoms with Crippen molar-refractivity contribution in [2.45, 2.75) is 17.6 Å². The van der Waals surface area contributed by atoms with Gasteiger partial charge in [0.15, 0.2) is 0 Å². The van der Waals surface area contributed by atoms with Crippen LogP contribution in [0, 0.1) is 3.70 Å². The van der Waals surface area contributed by atoms with Crippen LogP contribution in [-0.2, 0) is 4.79 Å². The normalized spacial score (nSPS) is 17.2. The number of halogens is 1. The first-order valence-corrected chi connectivity index (χ1v) is 6.81. The number of nitrogens with one attached hydrogen (secondary N) is 1. The Morgan fingerprint density at radius 3 is 2.87 bits per heavy atom. The lowest BCUT2D eigenvalue weighted by molar-refractivity contribution is -0.116. The Bertz CT molecular complexity index is 395. The van der Waals surface area contributed by atoms with E-state index in [1.54, 1.807) is 17.8 Å². The summed E-state index contributed by atoms with van der Waals surface area (Å²) in [4.78, 5) is 19.8. The number of thioether (sulfide) groups is 1. The van der Waals surface area contributed by atoms with Gasteiger partial charge < -0.3 is 5.32 Å². The van der Waals surface area contributed by atoms with Crippen LogP contribution in [0.1, 0.15) is 12.8 Å². The van der Waals surface area contributed by atoms with Crippen LogP contribution in [0.3, 0.4) is 0 Å². The van der Waals surface area contributed by atoms with Crippen LogP contribution in [0.15, 0.2) is 12.4 Å². The van der Waals surface area contributed by atoms with Gasteiger partial charge in [0.05, 0.1) is 4.75 Å². The van der Waals surface area contributed by atoms with E-state index >= 15 is 0 Å². The molecule has 0 atom stereocenters. The van der Waals surface area contributed by atoms with Gasteiger partial charge >= 0.3 is 0 Å². The Labute approximate surface area is 106 Å². The molecule has 1 aromatic heterocycles. The van der Waals surface area contributed by atoms with E-state index < -0.39 is 0 Å². The third-order valence-electron chi connectivity index (χ3n) is 2.38. The second kappa shape index (κ2) is 4.25. The smallest absolute Gasteiger partial charge is 0.241 e. The molecule has 4 nitrogen and oxygen atoms in total. The van der Waals surface area contributed by atoms with Gasteiger partial charge in [-0.1, -0.05) is 0 Å². The molecule has 1 aliphatic rings. The molecule has 1 aliphatic carbocycles. The van der Waals surface area contributed by atoms with E-state index in [0.717, 1.165) is 16.5 Å². The van der Waals surface area contributed by atoms with Crippen LogP contribution in [0.4, 0.5) is 5.82 Å². The molecule has 0 saturated heterocycles. The maximum Gasteiger partial charge on any atom is 0.241 e. The van der Waals surface area contributed by atoms with E-state index in [4.69, 9.17) is 0 Å². The number of nitrogens with zero attached hydrogens (tertiary/aromatic N) is 2. The molecule has 6 heteroatoms. The second-order valence-electron chi connectivity index (χ2n) is 3.38. The zero-order valence-electron chi connectivity index (χ0n) is 8.16. The quantitative estimate of drug-likeness (QED) is 0.677. The number of rotatable bonds is 3. The highest BCUT2D eigenvalue weighted by molar-refractivity contribution is 14.1. The molecule has 0 bridgehead atoms. The fourth-order valence-electron chi connectivity index (χ4n) is 1.27. The number of anilines is 1. The summed E-state index contributed by atoms with van der Waals surface area (Å²) in [6, 6.07) is 1.76. The van der Waals surface area contributed by atoms with E-state index in [1.807, 2.05) is 6.26 Å². The molecule has 0 aromatic carbocycles. The lowest BCUT2D eigenvalue weighted by Crippen LogP contribution is -2.26. The molecule has 2 rings (SSSR count). The zero-order chi connectivity index (χ0) is 10.9. The largest absolute Gasteiger partial charge is 0.309 e. The summed E-state index contributed by atoms with van der Waals surface area (Å²) in [5.41, 5.74) is 0. The van der Waals surface area contributed by atoms with Gasteiger partial charge in [-0.3, -0.25) is 4.79 Å². The highest BCUT2D eigenvalue weighted by atomic mass is 127. The number of aromatic nitrogens is 2. The Kier molecular flexibility index (Phi) is 3.15. The average molecular weight is 335 g/mol. The Morgan fingerprint density at radius 2 is 2.33 bits per heavy atom. The second-order valence-corrected chi connectivity index (χ2v) is 5.67. The van der Waals surface area contributed by atoms with Gasteiger partial charge in [0.25, 0.3) is 0 Å². The fraction of sp³-hybridized carbons (Fsp3) is 0.444. The summed E-state index contributed by atoms with van der Waals surface area (Å²) >= 11 is 3.70. The van der Waals surface area contributed by atoms with Crippen molar-refractivity contribution in [1.29, 1.82) is 0 Å². The monoisotopic (exact) mass is 335 g/mol.